The molecule has 3 amide bonds. The lowest BCUT2D eigenvalue weighted by Gasteiger charge is -2.44. The van der Waals surface area contributed by atoms with E-state index in [0.29, 0.717) is 11.4 Å². The molecular weight excluding hydrogens is 1310 g/mol. The van der Waals surface area contributed by atoms with Gasteiger partial charge in [0.25, 0.3) is 0 Å². The summed E-state index contributed by atoms with van der Waals surface area (Å²) in [6.07, 6.45) is -5.83. The molecule has 0 radical (unpaired) electrons. The topological polar surface area (TPSA) is 543 Å². The first-order valence-electron chi connectivity index (χ1n) is 32.7. The molecular formula is C58H99N13O27. The first-order valence-corrected chi connectivity index (χ1v) is 32.7. The van der Waals surface area contributed by atoms with Gasteiger partial charge < -0.3 is 150 Å². The van der Waals surface area contributed by atoms with Crippen LogP contribution in [-0.4, -0.2) is 357 Å². The van der Waals surface area contributed by atoms with Gasteiger partial charge in [-0.2, -0.15) is 5.10 Å². The summed E-state index contributed by atoms with van der Waals surface area (Å²) in [6.45, 7) is 2.57. The van der Waals surface area contributed by atoms with Crippen molar-refractivity contribution in [3.8, 4) is 0 Å². The average molecular weight is 1410 g/mol. The number of aromatic nitrogens is 3. The lowest BCUT2D eigenvalue weighted by Crippen LogP contribution is -2.67. The highest BCUT2D eigenvalue weighted by Crippen LogP contribution is 2.43. The number of aliphatic hydroxyl groups is 9. The van der Waals surface area contributed by atoms with Crippen molar-refractivity contribution in [1.82, 2.24) is 46.9 Å². The zero-order valence-electron chi connectivity index (χ0n) is 54.7. The molecule has 0 aliphatic carbocycles. The van der Waals surface area contributed by atoms with E-state index in [9.17, 15) is 60.3 Å². The van der Waals surface area contributed by atoms with Gasteiger partial charge in [-0.3, -0.25) is 24.4 Å². The van der Waals surface area contributed by atoms with Crippen LogP contribution in [0.15, 0.2) is 28.2 Å². The molecule has 18 N–H and O–H groups in total. The predicted octanol–water partition coefficient (Wildman–Crippen LogP) is -9.34. The van der Waals surface area contributed by atoms with E-state index >= 15 is 0 Å². The van der Waals surface area contributed by atoms with Crippen molar-refractivity contribution in [2.24, 2.45) is 21.7 Å². The summed E-state index contributed by atoms with van der Waals surface area (Å²) in [5.41, 5.74) is 8.77. The summed E-state index contributed by atoms with van der Waals surface area (Å²) in [6, 6.07) is -2.66. The normalized spacial score (nSPS) is 31.0. The summed E-state index contributed by atoms with van der Waals surface area (Å²) in [5.74, 6) is 4.60. The number of fused-ring (bicyclic) bond motifs is 6. The Labute approximate surface area is 564 Å². The van der Waals surface area contributed by atoms with Gasteiger partial charge in [0.05, 0.1) is 170 Å². The van der Waals surface area contributed by atoms with Crippen molar-refractivity contribution in [3.05, 3.63) is 23.8 Å². The number of carbonyl (C=O) groups is 3. The maximum Gasteiger partial charge on any atom is 0.220 e. The first kappa shape index (κ1) is 78.7. The number of nitrogens with two attached hydrogens (primary N) is 2. The highest BCUT2D eigenvalue weighted by molar-refractivity contribution is 6.31. The molecule has 1 aromatic rings. The van der Waals surface area contributed by atoms with Gasteiger partial charge >= 0.3 is 0 Å². The Bertz CT molecular complexity index is 2680. The summed E-state index contributed by atoms with van der Waals surface area (Å²) in [7, 11) is 0. The fourth-order valence-corrected chi connectivity index (χ4v) is 11.6. The number of nitrogens with one attached hydrogen (secondary N) is 5. The number of hydrogen-bond donors (Lipinski definition) is 16. The van der Waals surface area contributed by atoms with Gasteiger partial charge in [0.1, 0.15) is 83.0 Å². The van der Waals surface area contributed by atoms with Crippen molar-refractivity contribution in [2.75, 3.05) is 172 Å². The number of ether oxygens (including phenoxy) is 15. The number of hydrazone groups is 1. The van der Waals surface area contributed by atoms with Crippen LogP contribution in [0.4, 0.5) is 0 Å². The van der Waals surface area contributed by atoms with Gasteiger partial charge in [0.2, 0.25) is 17.7 Å². The molecule has 0 spiro atoms. The first-order chi connectivity index (χ1) is 47.4. The predicted molar refractivity (Wildman–Crippen MR) is 331 cm³/mol. The fraction of sp³-hybridized carbons (Fsp3) is 0.845. The van der Waals surface area contributed by atoms with E-state index in [4.69, 9.17) is 82.6 Å². The second kappa shape index (κ2) is 39.4. The van der Waals surface area contributed by atoms with Crippen molar-refractivity contribution >= 4 is 29.6 Å². The maximum absolute atomic E-state index is 13.0. The van der Waals surface area contributed by atoms with E-state index in [2.05, 4.69) is 47.3 Å². The third kappa shape index (κ3) is 21.8. The average Bonchev–Trinajstić information content (AvgIpc) is 1.59. The molecule has 1 aromatic heterocycles. The number of rotatable bonds is 49. The molecule has 16 atom stereocenters. The number of aliphatic imine (C=N–C) groups is 1. The largest absolute Gasteiger partial charge is 0.393 e. The van der Waals surface area contributed by atoms with Crippen LogP contribution >= 0.6 is 0 Å². The summed E-state index contributed by atoms with van der Waals surface area (Å²) < 4.78 is 85.4. The molecule has 40 heteroatoms. The second-order valence-corrected chi connectivity index (χ2v) is 24.5. The van der Waals surface area contributed by atoms with E-state index < -0.39 is 116 Å². The molecule has 0 saturated carbocycles. The third-order valence-corrected chi connectivity index (χ3v) is 17.4. The van der Waals surface area contributed by atoms with E-state index in [-0.39, 0.29) is 220 Å². The van der Waals surface area contributed by atoms with Gasteiger partial charge in [0.15, 0.2) is 18.9 Å². The monoisotopic (exact) mass is 1410 g/mol. The molecule has 98 heavy (non-hydrogen) atoms. The van der Waals surface area contributed by atoms with Gasteiger partial charge in [-0.1, -0.05) is 5.21 Å². The third-order valence-electron chi connectivity index (χ3n) is 17.4. The maximum atomic E-state index is 13.0. The van der Waals surface area contributed by atoms with Crippen LogP contribution in [0.1, 0.15) is 50.3 Å². The number of hydrazine groups is 2. The van der Waals surface area contributed by atoms with Gasteiger partial charge in [-0.15, -0.1) is 10.6 Å². The number of hydrogen-bond acceptors (Lipinski definition) is 36. The van der Waals surface area contributed by atoms with Crippen LogP contribution in [0.5, 0.6) is 0 Å². The molecule has 558 valence electrons. The minimum Gasteiger partial charge on any atom is -0.393 e. The van der Waals surface area contributed by atoms with Crippen LogP contribution in [-0.2, 0) is 92.0 Å². The van der Waals surface area contributed by atoms with Gasteiger partial charge in [0, 0.05) is 56.9 Å². The molecule has 7 aliphatic rings. The summed E-state index contributed by atoms with van der Waals surface area (Å²) in [4.78, 5) is 43.2. The Kier molecular flexibility index (Phi) is 31.7. The molecule has 6 saturated heterocycles. The minimum absolute atomic E-state index is 0.0160. The van der Waals surface area contributed by atoms with E-state index in [1.54, 1.807) is 12.4 Å². The van der Waals surface area contributed by atoms with Crippen molar-refractivity contribution in [1.29, 1.82) is 0 Å². The number of aliphatic hydroxyl groups excluding tert-OH is 9. The molecule has 6 bridgehead atoms. The van der Waals surface area contributed by atoms with Gasteiger partial charge in [-0.25, -0.2) is 4.68 Å². The standard InChI is InChI=1S/C58H99N13O27/c59-55(4-1-40(75)61-7-10-84-13-16-87-19-22-90-28-37(65-60)25-64-43-46(78)49(81)56(31-72)34-93-52(43)96-56,5-2-41(76)62-8-11-85-14-17-88-20-23-91-29-38-26-70(68-66-38)44-47(79)50(82)57(32-73)35-94-53(44)97-57)6-3-42(77)63-9-12-86-15-18-89-21-24-92-30-39-27-71(69-67-39)45-48(80)51(83)58(33-74)36-95-54(45)98-58/h25-27,43-54,66,68,72-74,78-83H,1-24,28-36,59-60H2,(H,61,75)(H,62,76)(H,63,77)/t43-,44-,45-,46-,47-,48-,49-,50-,51-,52+,53+,54+,55?,56+,57+,58+/m1/s1. The summed E-state index contributed by atoms with van der Waals surface area (Å²) >= 11 is 0. The molecule has 8 rings (SSSR count). The van der Waals surface area contributed by atoms with Crippen LogP contribution in [0.25, 0.3) is 0 Å². The molecule has 7 aliphatic heterocycles. The minimum atomic E-state index is -1.42. The van der Waals surface area contributed by atoms with Crippen LogP contribution in [0.2, 0.25) is 0 Å². The highest BCUT2D eigenvalue weighted by atomic mass is 16.8. The Balaban J connectivity index is 0.652. The Morgan fingerprint density at radius 3 is 1.50 bits per heavy atom. The SMILES string of the molecule is NN=C(C=N[C@H]1[C@H]2OC[C@](CO)(O2)[C@H](O)[C@@H]1O)COCCOCCOCCNC(=O)CCC(N)(CCC(=O)NCCOCCOCCOCC1=CN([C@H]2[C@H]3OC[C@](CO)(O3)[C@H](O)[C@@H]2O)NN1)CCC(=O)NCCOCCOCCOCc1cn([C@H]2[C@H]3OC[C@](CO)(O3)[C@H](O)[C@@H]2O)nn1. The highest BCUT2D eigenvalue weighted by Gasteiger charge is 2.62. The fourth-order valence-electron chi connectivity index (χ4n) is 11.6. The lowest BCUT2D eigenvalue weighted by molar-refractivity contribution is -0.251. The molecule has 6 fully saturated rings. The molecule has 0 aromatic carbocycles. The quantitative estimate of drug-likeness (QED) is 0.0125. The van der Waals surface area contributed by atoms with Crippen molar-refractivity contribution in [3.63, 3.8) is 0 Å². The Hall–Kier alpha value is -5.01. The zero-order chi connectivity index (χ0) is 70.0. The number of nitrogens with zero attached hydrogens (tertiary/aromatic N) is 6. The van der Waals surface area contributed by atoms with Crippen molar-refractivity contribution < 1.29 is 131 Å². The van der Waals surface area contributed by atoms with E-state index in [1.165, 1.54) is 15.9 Å². The Morgan fingerprint density at radius 1 is 0.592 bits per heavy atom. The van der Waals surface area contributed by atoms with Gasteiger partial charge in [-0.05, 0) is 19.3 Å². The van der Waals surface area contributed by atoms with Crippen LogP contribution < -0.4 is 38.5 Å². The summed E-state index contributed by atoms with van der Waals surface area (Å²) in [5, 5.41) is 114. The second-order valence-electron chi connectivity index (χ2n) is 24.5. The van der Waals surface area contributed by atoms with E-state index in [1.807, 2.05) is 0 Å². The molecule has 40 nitrogen and oxygen atoms in total. The van der Waals surface area contributed by atoms with Crippen LogP contribution in [0.3, 0.4) is 0 Å². The molecule has 8 heterocycles. The smallest absolute Gasteiger partial charge is 0.220 e. The lowest BCUT2D eigenvalue weighted by atomic mass is 9.84. The van der Waals surface area contributed by atoms with E-state index in [0.717, 1.165) is 0 Å². The van der Waals surface area contributed by atoms with Crippen LogP contribution in [0, 0.1) is 0 Å². The molecule has 1 unspecified atom stereocenters. The number of amides is 3. The number of carbonyl (C=O) groups excluding carboxylic acids is 3. The van der Waals surface area contributed by atoms with Crippen molar-refractivity contribution in [2.45, 2.75) is 141 Å². The zero-order valence-corrected chi connectivity index (χ0v) is 54.7. The Morgan fingerprint density at radius 2 is 1.01 bits per heavy atom.